The molecule has 0 saturated heterocycles. The Labute approximate surface area is 85.0 Å². The van der Waals surface area contributed by atoms with Crippen LogP contribution in [0.1, 0.15) is 16.7 Å². The first-order chi connectivity index (χ1) is 5.04. The van der Waals surface area contributed by atoms with Crippen LogP contribution in [0.4, 0.5) is 0 Å². The fourth-order valence-electron chi connectivity index (χ4n) is 1.00. The lowest BCUT2D eigenvalue weighted by molar-refractivity contribution is 1.31. The van der Waals surface area contributed by atoms with E-state index in [-0.39, 0.29) is 0 Å². The minimum Gasteiger partial charge on any atom is -0.0603 e. The van der Waals surface area contributed by atoms with Gasteiger partial charge in [0.15, 0.2) is 0 Å². The van der Waals surface area contributed by atoms with Gasteiger partial charge >= 0.3 is 0 Å². The van der Waals surface area contributed by atoms with Gasteiger partial charge in [0, 0.05) is 3.57 Å². The summed E-state index contributed by atoms with van der Waals surface area (Å²) in [5.74, 6) is 0. The van der Waals surface area contributed by atoms with Gasteiger partial charge in [0.1, 0.15) is 0 Å². The first-order valence-electron chi connectivity index (χ1n) is 3.52. The van der Waals surface area contributed by atoms with Gasteiger partial charge in [-0.3, -0.25) is 0 Å². The summed E-state index contributed by atoms with van der Waals surface area (Å²) in [6.07, 6.45) is 0. The first-order valence-corrected chi connectivity index (χ1v) is 5.10. The predicted octanol–water partition coefficient (Wildman–Crippen LogP) is 2.01. The van der Waals surface area contributed by atoms with E-state index >= 15 is 0 Å². The van der Waals surface area contributed by atoms with E-state index in [1.807, 2.05) is 0 Å². The Hall–Kier alpha value is 0.167. The van der Waals surface area contributed by atoms with Crippen LogP contribution in [0.3, 0.4) is 0 Å². The van der Waals surface area contributed by atoms with Crippen molar-refractivity contribution >= 4 is 38.0 Å². The molecule has 0 amide bonds. The average molecular weight is 273 g/mol. The fraction of sp³-hybridized carbons (Fsp3) is 0.333. The maximum absolute atomic E-state index is 3.63. The minimum atomic E-state index is 1.24. The molecule has 0 aromatic heterocycles. The van der Waals surface area contributed by atoms with Crippen molar-refractivity contribution in [3.63, 3.8) is 0 Å². The van der Waals surface area contributed by atoms with Crippen LogP contribution < -0.4 is 5.19 Å². The van der Waals surface area contributed by atoms with Crippen LogP contribution in [0, 0.1) is 24.3 Å². The van der Waals surface area contributed by atoms with Crippen molar-refractivity contribution in [1.82, 2.24) is 0 Å². The van der Waals surface area contributed by atoms with Gasteiger partial charge in [-0.15, -0.1) is 0 Å². The molecule has 2 heteroatoms. The second-order valence-corrected chi connectivity index (χ2v) is 4.46. The van der Waals surface area contributed by atoms with Crippen molar-refractivity contribution in [2.24, 2.45) is 0 Å². The van der Waals surface area contributed by atoms with Gasteiger partial charge in [-0.2, -0.15) is 0 Å². The highest BCUT2D eigenvalue weighted by atomic mass is 127. The quantitative estimate of drug-likeness (QED) is 0.501. The number of benzene rings is 1. The van der Waals surface area contributed by atoms with Gasteiger partial charge in [0.05, 0.1) is 10.2 Å². The molecule has 0 aliphatic rings. The SMILES string of the molecule is Cc1cc(I)c(C)c([Si])c1C. The van der Waals surface area contributed by atoms with E-state index in [0.29, 0.717) is 0 Å². The Morgan fingerprint density at radius 1 is 1.18 bits per heavy atom. The normalized spacial score (nSPS) is 10.3. The van der Waals surface area contributed by atoms with Crippen LogP contribution >= 0.6 is 22.6 Å². The van der Waals surface area contributed by atoms with Crippen LogP contribution in [-0.4, -0.2) is 10.2 Å². The number of halogens is 1. The molecule has 0 bridgehead atoms. The molecular formula is C9H10ISi. The molecule has 0 fully saturated rings. The highest BCUT2D eigenvalue weighted by Crippen LogP contribution is 2.13. The van der Waals surface area contributed by atoms with Crippen molar-refractivity contribution in [3.05, 3.63) is 26.3 Å². The molecule has 0 aliphatic heterocycles. The summed E-state index contributed by atoms with van der Waals surface area (Å²) < 4.78 is 1.33. The van der Waals surface area contributed by atoms with E-state index in [1.165, 1.54) is 25.4 Å². The molecule has 0 spiro atoms. The van der Waals surface area contributed by atoms with Crippen LogP contribution in [-0.2, 0) is 0 Å². The predicted molar refractivity (Wildman–Crippen MR) is 58.8 cm³/mol. The third-order valence-electron chi connectivity index (χ3n) is 2.04. The van der Waals surface area contributed by atoms with Crippen LogP contribution in [0.15, 0.2) is 6.07 Å². The van der Waals surface area contributed by atoms with Crippen molar-refractivity contribution in [3.8, 4) is 0 Å². The Morgan fingerprint density at radius 2 is 1.73 bits per heavy atom. The summed E-state index contributed by atoms with van der Waals surface area (Å²) in [7, 11) is 3.63. The van der Waals surface area contributed by atoms with E-state index in [4.69, 9.17) is 0 Å². The van der Waals surface area contributed by atoms with Crippen LogP contribution in [0.2, 0.25) is 0 Å². The standard InChI is InChI=1S/C9H10ISi/c1-5-4-8(10)7(3)9(11)6(5)2/h4H,1-3H3. The largest absolute Gasteiger partial charge is 0.0719 e. The summed E-state index contributed by atoms with van der Waals surface area (Å²) in [5, 5.41) is 1.24. The molecule has 1 rings (SSSR count). The Bertz CT molecular complexity index is 266. The summed E-state index contributed by atoms with van der Waals surface area (Å²) >= 11 is 2.36. The van der Waals surface area contributed by atoms with E-state index in [0.717, 1.165) is 0 Å². The van der Waals surface area contributed by atoms with Crippen molar-refractivity contribution in [2.45, 2.75) is 20.8 Å². The van der Waals surface area contributed by atoms with Crippen LogP contribution in [0.25, 0.3) is 0 Å². The molecule has 0 N–H and O–H groups in total. The lowest BCUT2D eigenvalue weighted by atomic mass is 10.1. The van der Waals surface area contributed by atoms with Crippen molar-refractivity contribution < 1.29 is 0 Å². The Balaban J connectivity index is 3.46. The van der Waals surface area contributed by atoms with Gasteiger partial charge in [-0.25, -0.2) is 0 Å². The topological polar surface area (TPSA) is 0 Å². The molecule has 1 aromatic rings. The van der Waals surface area contributed by atoms with Gasteiger partial charge in [-0.05, 0) is 66.1 Å². The summed E-state index contributed by atoms with van der Waals surface area (Å²) in [6.45, 7) is 6.41. The van der Waals surface area contributed by atoms with Gasteiger partial charge in [0.2, 0.25) is 0 Å². The molecule has 57 valence electrons. The Morgan fingerprint density at radius 3 is 2.27 bits per heavy atom. The molecule has 0 aliphatic carbocycles. The van der Waals surface area contributed by atoms with Crippen molar-refractivity contribution in [1.29, 1.82) is 0 Å². The Kier molecular flexibility index (Phi) is 2.75. The smallest absolute Gasteiger partial charge is 0.0603 e. The molecule has 0 saturated carbocycles. The van der Waals surface area contributed by atoms with Gasteiger partial charge in [-0.1, -0.05) is 5.19 Å². The molecule has 0 unspecified atom stereocenters. The van der Waals surface area contributed by atoms with E-state index in [9.17, 15) is 0 Å². The molecular weight excluding hydrogens is 263 g/mol. The molecule has 11 heavy (non-hydrogen) atoms. The molecule has 0 nitrogen and oxygen atoms in total. The summed E-state index contributed by atoms with van der Waals surface area (Å²) in [6, 6.07) is 2.22. The average Bonchev–Trinajstić information content (AvgIpc) is 1.97. The lowest BCUT2D eigenvalue weighted by Crippen LogP contribution is -2.14. The molecule has 0 atom stereocenters. The first kappa shape index (κ1) is 9.26. The highest BCUT2D eigenvalue weighted by molar-refractivity contribution is 14.1. The maximum Gasteiger partial charge on any atom is 0.0719 e. The zero-order valence-corrected chi connectivity index (χ0v) is 10.1. The summed E-state index contributed by atoms with van der Waals surface area (Å²) in [5.41, 5.74) is 4.04. The fourth-order valence-corrected chi connectivity index (χ4v) is 2.33. The van der Waals surface area contributed by atoms with Gasteiger partial charge in [0.25, 0.3) is 0 Å². The van der Waals surface area contributed by atoms with Gasteiger partial charge < -0.3 is 0 Å². The number of rotatable bonds is 0. The van der Waals surface area contributed by atoms with Crippen LogP contribution in [0.5, 0.6) is 0 Å². The number of aryl methyl sites for hydroxylation is 1. The van der Waals surface area contributed by atoms with Crippen molar-refractivity contribution in [2.75, 3.05) is 0 Å². The monoisotopic (exact) mass is 273 g/mol. The molecule has 0 heterocycles. The zero-order chi connectivity index (χ0) is 8.59. The second kappa shape index (κ2) is 3.27. The third-order valence-corrected chi connectivity index (χ3v) is 3.91. The summed E-state index contributed by atoms with van der Waals surface area (Å²) in [4.78, 5) is 0. The molecule has 3 radical (unpaired) electrons. The van der Waals surface area contributed by atoms with E-state index in [1.54, 1.807) is 0 Å². The minimum absolute atomic E-state index is 1.24. The molecule has 1 aromatic carbocycles. The van der Waals surface area contributed by atoms with E-state index in [2.05, 4.69) is 59.7 Å². The third kappa shape index (κ3) is 1.67. The maximum atomic E-state index is 3.63. The lowest BCUT2D eigenvalue weighted by Gasteiger charge is -2.09. The van der Waals surface area contributed by atoms with E-state index < -0.39 is 0 Å². The number of hydrogen-bond donors (Lipinski definition) is 0. The zero-order valence-electron chi connectivity index (χ0n) is 6.96. The second-order valence-electron chi connectivity index (χ2n) is 2.80. The number of hydrogen-bond acceptors (Lipinski definition) is 0. The highest BCUT2D eigenvalue weighted by Gasteiger charge is 2.03.